The third kappa shape index (κ3) is 3.93. The number of rotatable bonds is 3. The van der Waals surface area contributed by atoms with Gasteiger partial charge >= 0.3 is 6.18 Å². The van der Waals surface area contributed by atoms with E-state index in [2.05, 4.69) is 10.6 Å². The topological polar surface area (TPSA) is 42.5 Å². The fourth-order valence-electron chi connectivity index (χ4n) is 2.26. The SMILES string of the molecule is Fc1c(CNC(=S)Nc2ccc3c(c2)OCO3)cccc1C(F)(F)F. The first kappa shape index (κ1) is 17.3. The molecule has 2 aromatic carbocycles. The van der Waals surface area contributed by atoms with Crippen molar-refractivity contribution in [1.82, 2.24) is 5.32 Å². The highest BCUT2D eigenvalue weighted by Crippen LogP contribution is 2.34. The largest absolute Gasteiger partial charge is 0.454 e. The van der Waals surface area contributed by atoms with Crippen LogP contribution in [0, 0.1) is 5.82 Å². The van der Waals surface area contributed by atoms with Gasteiger partial charge in [-0.15, -0.1) is 0 Å². The van der Waals surface area contributed by atoms with Crippen molar-refractivity contribution in [2.75, 3.05) is 12.1 Å². The highest BCUT2D eigenvalue weighted by atomic mass is 32.1. The summed E-state index contributed by atoms with van der Waals surface area (Å²) < 4.78 is 62.5. The fourth-order valence-corrected chi connectivity index (χ4v) is 2.45. The van der Waals surface area contributed by atoms with Crippen LogP contribution in [-0.2, 0) is 12.7 Å². The predicted molar refractivity (Wildman–Crippen MR) is 87.0 cm³/mol. The van der Waals surface area contributed by atoms with Crippen molar-refractivity contribution >= 4 is 23.0 Å². The molecule has 1 heterocycles. The van der Waals surface area contributed by atoms with Crippen molar-refractivity contribution in [2.45, 2.75) is 12.7 Å². The molecule has 0 amide bonds. The van der Waals surface area contributed by atoms with Gasteiger partial charge in [0.2, 0.25) is 6.79 Å². The first-order valence-corrected chi connectivity index (χ1v) is 7.54. The maximum absolute atomic E-state index is 13.9. The summed E-state index contributed by atoms with van der Waals surface area (Å²) in [6.07, 6.45) is -4.74. The summed E-state index contributed by atoms with van der Waals surface area (Å²) in [6.45, 7) is -0.0531. The minimum Gasteiger partial charge on any atom is -0.454 e. The number of benzene rings is 2. The zero-order chi connectivity index (χ0) is 18.0. The molecule has 0 saturated carbocycles. The third-order valence-corrected chi connectivity index (χ3v) is 3.70. The third-order valence-electron chi connectivity index (χ3n) is 3.45. The number of nitrogens with one attached hydrogen (secondary N) is 2. The lowest BCUT2D eigenvalue weighted by atomic mass is 10.1. The molecule has 0 saturated heterocycles. The maximum atomic E-state index is 13.9. The van der Waals surface area contributed by atoms with Gasteiger partial charge in [0.05, 0.1) is 5.56 Å². The lowest BCUT2D eigenvalue weighted by molar-refractivity contribution is -0.140. The van der Waals surface area contributed by atoms with Gasteiger partial charge in [-0.1, -0.05) is 12.1 Å². The molecule has 0 aromatic heterocycles. The van der Waals surface area contributed by atoms with E-state index in [1.165, 1.54) is 6.07 Å². The van der Waals surface area contributed by atoms with Gasteiger partial charge in [-0.05, 0) is 30.4 Å². The highest BCUT2D eigenvalue weighted by molar-refractivity contribution is 7.80. The van der Waals surface area contributed by atoms with Crippen molar-refractivity contribution in [3.63, 3.8) is 0 Å². The second-order valence-electron chi connectivity index (χ2n) is 5.15. The lowest BCUT2D eigenvalue weighted by Crippen LogP contribution is -2.28. The molecule has 2 aromatic rings. The average Bonchev–Trinajstić information content (AvgIpc) is 3.00. The summed E-state index contributed by atoms with van der Waals surface area (Å²) in [5, 5.41) is 5.66. The van der Waals surface area contributed by atoms with Gasteiger partial charge in [-0.3, -0.25) is 0 Å². The number of halogens is 4. The zero-order valence-corrected chi connectivity index (χ0v) is 13.4. The zero-order valence-electron chi connectivity index (χ0n) is 12.6. The molecule has 1 aliphatic heterocycles. The van der Waals surface area contributed by atoms with E-state index in [4.69, 9.17) is 21.7 Å². The number of thiocarbonyl (C=S) groups is 1. The van der Waals surface area contributed by atoms with E-state index >= 15 is 0 Å². The van der Waals surface area contributed by atoms with Gasteiger partial charge in [-0.2, -0.15) is 13.2 Å². The summed E-state index contributed by atoms with van der Waals surface area (Å²) in [5.41, 5.74) is -0.836. The normalized spacial score (nSPS) is 12.8. The van der Waals surface area contributed by atoms with Crippen LogP contribution in [0.5, 0.6) is 11.5 Å². The van der Waals surface area contributed by atoms with Crippen LogP contribution in [0.4, 0.5) is 23.2 Å². The Morgan fingerprint density at radius 1 is 1.12 bits per heavy atom. The minimum atomic E-state index is -4.74. The molecule has 25 heavy (non-hydrogen) atoms. The molecule has 0 unspecified atom stereocenters. The van der Waals surface area contributed by atoms with Gasteiger partial charge < -0.3 is 20.1 Å². The Bertz CT molecular complexity index is 811. The van der Waals surface area contributed by atoms with Gasteiger partial charge in [0.1, 0.15) is 5.82 Å². The second-order valence-corrected chi connectivity index (χ2v) is 5.56. The minimum absolute atomic E-state index is 0.135. The number of ether oxygens (including phenoxy) is 2. The van der Waals surface area contributed by atoms with Gasteiger partial charge in [0.25, 0.3) is 0 Å². The molecule has 4 nitrogen and oxygen atoms in total. The van der Waals surface area contributed by atoms with E-state index in [9.17, 15) is 17.6 Å². The number of hydrogen-bond acceptors (Lipinski definition) is 3. The number of fused-ring (bicyclic) bond motifs is 1. The van der Waals surface area contributed by atoms with Crippen LogP contribution in [-0.4, -0.2) is 11.9 Å². The number of anilines is 1. The van der Waals surface area contributed by atoms with Crippen LogP contribution in [0.15, 0.2) is 36.4 Å². The maximum Gasteiger partial charge on any atom is 0.419 e. The van der Waals surface area contributed by atoms with Crippen molar-refractivity contribution in [3.8, 4) is 11.5 Å². The summed E-state index contributed by atoms with van der Waals surface area (Å²) >= 11 is 5.07. The lowest BCUT2D eigenvalue weighted by Gasteiger charge is -2.14. The van der Waals surface area contributed by atoms with Gasteiger partial charge in [0.15, 0.2) is 16.6 Å². The molecule has 0 bridgehead atoms. The van der Waals surface area contributed by atoms with Crippen LogP contribution >= 0.6 is 12.2 Å². The van der Waals surface area contributed by atoms with Crippen molar-refractivity contribution in [2.24, 2.45) is 0 Å². The number of hydrogen-bond donors (Lipinski definition) is 2. The Balaban J connectivity index is 1.63. The monoisotopic (exact) mass is 372 g/mol. The molecule has 132 valence electrons. The smallest absolute Gasteiger partial charge is 0.419 e. The van der Waals surface area contributed by atoms with Crippen molar-refractivity contribution in [1.29, 1.82) is 0 Å². The fraction of sp³-hybridized carbons (Fsp3) is 0.188. The molecule has 1 aliphatic rings. The first-order chi connectivity index (χ1) is 11.8. The average molecular weight is 372 g/mol. The van der Waals surface area contributed by atoms with Gasteiger partial charge in [0, 0.05) is 23.9 Å². The summed E-state index contributed by atoms with van der Waals surface area (Å²) in [4.78, 5) is 0. The van der Waals surface area contributed by atoms with E-state index in [0.717, 1.165) is 6.07 Å². The molecule has 0 fully saturated rings. The Morgan fingerprint density at radius 2 is 1.88 bits per heavy atom. The Kier molecular flexibility index (Phi) is 4.67. The molecule has 0 atom stereocenters. The van der Waals surface area contributed by atoms with Crippen LogP contribution in [0.1, 0.15) is 11.1 Å². The summed E-state index contributed by atoms with van der Waals surface area (Å²) in [5.74, 6) is -0.152. The van der Waals surface area contributed by atoms with Gasteiger partial charge in [-0.25, -0.2) is 4.39 Å². The molecule has 0 spiro atoms. The molecular formula is C16H12F4N2O2S. The molecular weight excluding hydrogens is 360 g/mol. The Labute approximate surface area is 145 Å². The molecule has 0 radical (unpaired) electrons. The van der Waals surface area contributed by atoms with E-state index in [0.29, 0.717) is 23.3 Å². The van der Waals surface area contributed by atoms with Crippen LogP contribution in [0.25, 0.3) is 0 Å². The molecule has 9 heteroatoms. The molecule has 3 rings (SSSR count). The van der Waals surface area contributed by atoms with E-state index in [-0.39, 0.29) is 24.0 Å². The molecule has 0 aliphatic carbocycles. The van der Waals surface area contributed by atoms with Crippen LogP contribution in [0.2, 0.25) is 0 Å². The standard InChI is InChI=1S/C16H12F4N2O2S/c17-14-9(2-1-3-11(14)16(18,19)20)7-21-15(25)22-10-4-5-12-13(6-10)24-8-23-12/h1-6H,7-8H2,(H2,21,22,25). The first-order valence-electron chi connectivity index (χ1n) is 7.13. The second kappa shape index (κ2) is 6.75. The van der Waals surface area contributed by atoms with Crippen LogP contribution < -0.4 is 20.1 Å². The van der Waals surface area contributed by atoms with Crippen molar-refractivity contribution in [3.05, 3.63) is 53.3 Å². The van der Waals surface area contributed by atoms with Crippen molar-refractivity contribution < 1.29 is 27.0 Å². The Hall–Kier alpha value is -2.55. The predicted octanol–water partition coefficient (Wildman–Crippen LogP) is 4.06. The Morgan fingerprint density at radius 3 is 2.64 bits per heavy atom. The number of alkyl halides is 3. The van der Waals surface area contributed by atoms with Crippen LogP contribution in [0.3, 0.4) is 0 Å². The summed E-state index contributed by atoms with van der Waals surface area (Å²) in [7, 11) is 0. The van der Waals surface area contributed by atoms with E-state index in [1.54, 1.807) is 18.2 Å². The highest BCUT2D eigenvalue weighted by Gasteiger charge is 2.34. The van der Waals surface area contributed by atoms with E-state index in [1.807, 2.05) is 0 Å². The summed E-state index contributed by atoms with van der Waals surface area (Å²) in [6, 6.07) is 8.17. The quantitative estimate of drug-likeness (QED) is 0.628. The molecule has 2 N–H and O–H groups in total. The van der Waals surface area contributed by atoms with E-state index < -0.39 is 17.6 Å².